The number of hydrogen-bond donors (Lipinski definition) is 1. The maximum absolute atomic E-state index is 13.2. The zero-order valence-electron chi connectivity index (χ0n) is 16.9. The SMILES string of the molecule is Cc1nccn1-c1ccccc1CNC(=O)[C@H](C)N(c1ccc(F)cc1)S(C)(=O)=O. The van der Waals surface area contributed by atoms with E-state index < -0.39 is 27.8 Å². The molecule has 0 bridgehead atoms. The highest BCUT2D eigenvalue weighted by Gasteiger charge is 2.29. The molecule has 30 heavy (non-hydrogen) atoms. The Labute approximate surface area is 175 Å². The first-order chi connectivity index (χ1) is 14.2. The van der Waals surface area contributed by atoms with Gasteiger partial charge in [-0.25, -0.2) is 17.8 Å². The van der Waals surface area contributed by atoms with Crippen molar-refractivity contribution in [1.82, 2.24) is 14.9 Å². The second kappa shape index (κ2) is 8.66. The van der Waals surface area contributed by atoms with Gasteiger partial charge in [0, 0.05) is 18.9 Å². The van der Waals surface area contributed by atoms with Gasteiger partial charge in [-0.05, 0) is 49.7 Å². The van der Waals surface area contributed by atoms with Gasteiger partial charge < -0.3 is 9.88 Å². The van der Waals surface area contributed by atoms with Gasteiger partial charge in [-0.1, -0.05) is 18.2 Å². The Morgan fingerprint density at radius 2 is 1.87 bits per heavy atom. The predicted octanol–water partition coefficient (Wildman–Crippen LogP) is 2.79. The largest absolute Gasteiger partial charge is 0.350 e. The molecular formula is C21H23FN4O3S. The highest BCUT2D eigenvalue weighted by molar-refractivity contribution is 7.92. The number of anilines is 1. The van der Waals surface area contributed by atoms with E-state index in [9.17, 15) is 17.6 Å². The zero-order chi connectivity index (χ0) is 21.9. The molecule has 1 amide bonds. The van der Waals surface area contributed by atoms with E-state index in [4.69, 9.17) is 0 Å². The lowest BCUT2D eigenvalue weighted by molar-refractivity contribution is -0.122. The van der Waals surface area contributed by atoms with E-state index in [1.165, 1.54) is 19.1 Å². The molecule has 0 aliphatic rings. The predicted molar refractivity (Wildman–Crippen MR) is 113 cm³/mol. The summed E-state index contributed by atoms with van der Waals surface area (Å²) in [5, 5.41) is 2.80. The van der Waals surface area contributed by atoms with Crippen molar-refractivity contribution in [3.05, 3.63) is 78.1 Å². The monoisotopic (exact) mass is 430 g/mol. The van der Waals surface area contributed by atoms with Crippen LogP contribution in [0.4, 0.5) is 10.1 Å². The van der Waals surface area contributed by atoms with Crippen molar-refractivity contribution in [3.63, 3.8) is 0 Å². The maximum atomic E-state index is 13.2. The van der Waals surface area contributed by atoms with Crippen LogP contribution in [0, 0.1) is 12.7 Å². The fourth-order valence-electron chi connectivity index (χ4n) is 3.25. The number of hydrogen-bond acceptors (Lipinski definition) is 4. The van der Waals surface area contributed by atoms with Crippen LogP contribution in [-0.4, -0.2) is 36.2 Å². The summed E-state index contributed by atoms with van der Waals surface area (Å²) in [5.74, 6) is -0.153. The number of halogens is 1. The molecule has 1 N–H and O–H groups in total. The minimum atomic E-state index is -3.77. The summed E-state index contributed by atoms with van der Waals surface area (Å²) in [5.41, 5.74) is 1.95. The quantitative estimate of drug-likeness (QED) is 0.625. The summed E-state index contributed by atoms with van der Waals surface area (Å²) < 4.78 is 40.8. The van der Waals surface area contributed by atoms with Crippen molar-refractivity contribution in [1.29, 1.82) is 0 Å². The fraction of sp³-hybridized carbons (Fsp3) is 0.238. The lowest BCUT2D eigenvalue weighted by Crippen LogP contribution is -2.47. The molecule has 1 atom stereocenters. The average Bonchev–Trinajstić information content (AvgIpc) is 3.12. The third-order valence-electron chi connectivity index (χ3n) is 4.70. The van der Waals surface area contributed by atoms with E-state index in [0.717, 1.165) is 39.8 Å². The summed E-state index contributed by atoms with van der Waals surface area (Å²) in [6, 6.07) is 11.5. The van der Waals surface area contributed by atoms with Crippen LogP contribution in [0.5, 0.6) is 0 Å². The molecule has 158 valence electrons. The van der Waals surface area contributed by atoms with Gasteiger partial charge in [0.2, 0.25) is 15.9 Å². The molecule has 1 aromatic heterocycles. The van der Waals surface area contributed by atoms with Crippen LogP contribution < -0.4 is 9.62 Å². The zero-order valence-corrected chi connectivity index (χ0v) is 17.7. The van der Waals surface area contributed by atoms with Gasteiger partial charge in [-0.3, -0.25) is 9.10 Å². The number of imidazole rings is 1. The van der Waals surface area contributed by atoms with Crippen LogP contribution in [-0.2, 0) is 21.4 Å². The molecule has 3 rings (SSSR count). The van der Waals surface area contributed by atoms with Crippen molar-refractivity contribution in [2.75, 3.05) is 10.6 Å². The Balaban J connectivity index is 1.80. The number of amides is 1. The van der Waals surface area contributed by atoms with Crippen molar-refractivity contribution >= 4 is 21.6 Å². The van der Waals surface area contributed by atoms with Gasteiger partial charge in [0.15, 0.2) is 0 Å². The first kappa shape index (κ1) is 21.5. The van der Waals surface area contributed by atoms with Gasteiger partial charge in [0.1, 0.15) is 17.7 Å². The summed E-state index contributed by atoms with van der Waals surface area (Å²) in [6.07, 6.45) is 4.54. The Kier molecular flexibility index (Phi) is 6.21. The minimum Gasteiger partial charge on any atom is -0.350 e. The summed E-state index contributed by atoms with van der Waals surface area (Å²) in [7, 11) is -3.77. The topological polar surface area (TPSA) is 84.3 Å². The van der Waals surface area contributed by atoms with Gasteiger partial charge >= 0.3 is 0 Å². The fourth-order valence-corrected chi connectivity index (χ4v) is 4.43. The molecule has 0 aliphatic heterocycles. The molecule has 0 fully saturated rings. The highest BCUT2D eigenvalue weighted by Crippen LogP contribution is 2.21. The van der Waals surface area contributed by atoms with Crippen LogP contribution in [0.15, 0.2) is 60.9 Å². The smallest absolute Gasteiger partial charge is 0.243 e. The molecule has 1 heterocycles. The van der Waals surface area contributed by atoms with Crippen LogP contribution >= 0.6 is 0 Å². The molecule has 0 aliphatic carbocycles. The van der Waals surface area contributed by atoms with Crippen molar-refractivity contribution in [2.24, 2.45) is 0 Å². The lowest BCUT2D eigenvalue weighted by atomic mass is 10.1. The molecule has 9 heteroatoms. The van der Waals surface area contributed by atoms with E-state index >= 15 is 0 Å². The van der Waals surface area contributed by atoms with E-state index in [0.29, 0.717) is 0 Å². The number of aryl methyl sites for hydroxylation is 1. The van der Waals surface area contributed by atoms with Crippen LogP contribution in [0.1, 0.15) is 18.3 Å². The third-order valence-corrected chi connectivity index (χ3v) is 5.94. The minimum absolute atomic E-state index is 0.206. The number of aromatic nitrogens is 2. The Bertz CT molecular complexity index is 1140. The Hall–Kier alpha value is -3.20. The summed E-state index contributed by atoms with van der Waals surface area (Å²) >= 11 is 0. The highest BCUT2D eigenvalue weighted by atomic mass is 32.2. The van der Waals surface area contributed by atoms with Crippen LogP contribution in [0.25, 0.3) is 5.69 Å². The normalized spacial score (nSPS) is 12.4. The number of para-hydroxylation sites is 1. The Morgan fingerprint density at radius 3 is 2.47 bits per heavy atom. The first-order valence-electron chi connectivity index (χ1n) is 9.29. The van der Waals surface area contributed by atoms with E-state index in [1.807, 2.05) is 42.0 Å². The molecule has 0 saturated carbocycles. The molecule has 7 nitrogen and oxygen atoms in total. The van der Waals surface area contributed by atoms with E-state index in [-0.39, 0.29) is 12.2 Å². The number of rotatable bonds is 7. The molecular weight excluding hydrogens is 407 g/mol. The number of nitrogens with one attached hydrogen (secondary N) is 1. The van der Waals surface area contributed by atoms with E-state index in [2.05, 4.69) is 10.3 Å². The summed E-state index contributed by atoms with van der Waals surface area (Å²) in [6.45, 7) is 3.58. The standard InChI is InChI=1S/C21H23FN4O3S/c1-15(26(30(3,28)29)19-10-8-18(22)9-11-19)21(27)24-14-17-6-4-5-7-20(17)25-13-12-23-16(25)2/h4-13,15H,14H2,1-3H3,(H,24,27)/t15-/m0/s1. The number of carbonyl (C=O) groups excluding carboxylic acids is 1. The van der Waals surface area contributed by atoms with Crippen LogP contribution in [0.3, 0.4) is 0 Å². The average molecular weight is 431 g/mol. The molecule has 3 aromatic rings. The molecule has 0 spiro atoms. The summed E-state index contributed by atoms with van der Waals surface area (Å²) in [4.78, 5) is 17.0. The molecule has 2 aromatic carbocycles. The number of nitrogens with zero attached hydrogens (tertiary/aromatic N) is 3. The molecule has 0 unspecified atom stereocenters. The van der Waals surface area contributed by atoms with Gasteiger partial charge in [0.25, 0.3) is 0 Å². The maximum Gasteiger partial charge on any atom is 0.243 e. The van der Waals surface area contributed by atoms with Gasteiger partial charge in [-0.2, -0.15) is 0 Å². The van der Waals surface area contributed by atoms with Crippen molar-refractivity contribution < 1.29 is 17.6 Å². The second-order valence-electron chi connectivity index (χ2n) is 6.90. The number of carbonyl (C=O) groups is 1. The first-order valence-corrected chi connectivity index (χ1v) is 11.1. The van der Waals surface area contributed by atoms with Gasteiger partial charge in [0.05, 0.1) is 17.6 Å². The number of sulfonamides is 1. The van der Waals surface area contributed by atoms with Crippen LogP contribution in [0.2, 0.25) is 0 Å². The van der Waals surface area contributed by atoms with Crippen molar-refractivity contribution in [2.45, 2.75) is 26.4 Å². The van der Waals surface area contributed by atoms with Crippen molar-refractivity contribution in [3.8, 4) is 5.69 Å². The lowest BCUT2D eigenvalue weighted by Gasteiger charge is -2.28. The van der Waals surface area contributed by atoms with Gasteiger partial charge in [-0.15, -0.1) is 0 Å². The van der Waals surface area contributed by atoms with E-state index in [1.54, 1.807) is 6.20 Å². The third kappa shape index (κ3) is 4.68. The number of benzene rings is 2. The second-order valence-corrected chi connectivity index (χ2v) is 8.76. The molecule has 0 saturated heterocycles. The molecule has 0 radical (unpaired) electrons. The Morgan fingerprint density at radius 1 is 1.20 bits per heavy atom.